The third-order valence-corrected chi connectivity index (χ3v) is 2.63. The van der Waals surface area contributed by atoms with E-state index in [9.17, 15) is 9.59 Å². The Morgan fingerprint density at radius 3 is 2.50 bits per heavy atom. The predicted molar refractivity (Wildman–Crippen MR) is 77.1 cm³/mol. The summed E-state index contributed by atoms with van der Waals surface area (Å²) in [6.07, 6.45) is -0.328. The van der Waals surface area contributed by atoms with Crippen molar-refractivity contribution in [2.45, 2.75) is 20.0 Å². The lowest BCUT2D eigenvalue weighted by molar-refractivity contribution is -0.154. The highest BCUT2D eigenvalue weighted by Crippen LogP contribution is 2.17. The van der Waals surface area contributed by atoms with Crippen molar-refractivity contribution in [3.63, 3.8) is 0 Å². The fraction of sp³-hybridized carbons (Fsp3) is 0.176. The highest BCUT2D eigenvalue weighted by molar-refractivity contribution is 6.41. The van der Waals surface area contributed by atoms with Gasteiger partial charge in [-0.25, -0.2) is 4.79 Å². The van der Waals surface area contributed by atoms with Gasteiger partial charge in [-0.1, -0.05) is 42.3 Å². The number of rotatable bonds is 2. The quantitative estimate of drug-likeness (QED) is 0.477. The Hall–Kier alpha value is -2.60. The van der Waals surface area contributed by atoms with Gasteiger partial charge < -0.3 is 4.74 Å². The van der Waals surface area contributed by atoms with Crippen LogP contribution in [-0.4, -0.2) is 17.9 Å². The maximum absolute atomic E-state index is 11.5. The number of ketones is 1. The van der Waals surface area contributed by atoms with Gasteiger partial charge in [0.05, 0.1) is 6.10 Å². The van der Waals surface area contributed by atoms with E-state index in [4.69, 9.17) is 4.74 Å². The second kappa shape index (κ2) is 6.03. The SMILES string of the molecule is CC(C)OC(=O)C(=O)C#Cc1cccc2ccccc12. The Bertz CT molecular complexity index is 712. The van der Waals surface area contributed by atoms with E-state index in [2.05, 4.69) is 11.8 Å². The highest BCUT2D eigenvalue weighted by Gasteiger charge is 2.13. The second-order valence-electron chi connectivity index (χ2n) is 4.56. The average molecular weight is 266 g/mol. The van der Waals surface area contributed by atoms with Crippen molar-refractivity contribution < 1.29 is 14.3 Å². The molecule has 2 aromatic carbocycles. The van der Waals surface area contributed by atoms with E-state index < -0.39 is 11.8 Å². The predicted octanol–water partition coefficient (Wildman–Crippen LogP) is 2.71. The molecule has 0 aliphatic carbocycles. The zero-order valence-electron chi connectivity index (χ0n) is 11.3. The summed E-state index contributed by atoms with van der Waals surface area (Å²) in [7, 11) is 0. The molecular formula is C17H14O3. The van der Waals surface area contributed by atoms with Gasteiger partial charge in [0.1, 0.15) is 0 Å². The molecule has 2 rings (SSSR count). The van der Waals surface area contributed by atoms with Crippen molar-refractivity contribution in [2.24, 2.45) is 0 Å². The molecular weight excluding hydrogens is 252 g/mol. The van der Waals surface area contributed by atoms with E-state index in [-0.39, 0.29) is 6.10 Å². The van der Waals surface area contributed by atoms with Crippen LogP contribution in [0.1, 0.15) is 19.4 Å². The summed E-state index contributed by atoms with van der Waals surface area (Å²) in [5.74, 6) is 3.34. The fourth-order valence-corrected chi connectivity index (χ4v) is 1.78. The summed E-state index contributed by atoms with van der Waals surface area (Å²) in [5.41, 5.74) is 0.716. The summed E-state index contributed by atoms with van der Waals surface area (Å²) in [4.78, 5) is 22.9. The molecule has 0 amide bonds. The van der Waals surface area contributed by atoms with Crippen molar-refractivity contribution in [2.75, 3.05) is 0 Å². The van der Waals surface area contributed by atoms with Gasteiger partial charge in [0, 0.05) is 5.56 Å². The number of hydrogen-bond acceptors (Lipinski definition) is 3. The zero-order valence-corrected chi connectivity index (χ0v) is 11.3. The van der Waals surface area contributed by atoms with E-state index in [1.54, 1.807) is 13.8 Å². The van der Waals surface area contributed by atoms with Gasteiger partial charge in [-0.2, -0.15) is 0 Å². The maximum Gasteiger partial charge on any atom is 0.388 e. The Balaban J connectivity index is 2.27. The highest BCUT2D eigenvalue weighted by atomic mass is 16.5. The average Bonchev–Trinajstić information content (AvgIpc) is 2.44. The van der Waals surface area contributed by atoms with E-state index >= 15 is 0 Å². The minimum Gasteiger partial charge on any atom is -0.456 e. The molecule has 0 spiro atoms. The molecule has 20 heavy (non-hydrogen) atoms. The third kappa shape index (κ3) is 3.24. The van der Waals surface area contributed by atoms with Crippen molar-refractivity contribution in [3.8, 4) is 11.8 Å². The third-order valence-electron chi connectivity index (χ3n) is 2.63. The molecule has 100 valence electrons. The largest absolute Gasteiger partial charge is 0.456 e. The normalized spacial score (nSPS) is 9.95. The number of carbonyl (C=O) groups is 2. The molecule has 0 radical (unpaired) electrons. The first-order chi connectivity index (χ1) is 9.58. The molecule has 0 atom stereocenters. The summed E-state index contributed by atoms with van der Waals surface area (Å²) < 4.78 is 4.80. The van der Waals surface area contributed by atoms with Gasteiger partial charge >= 0.3 is 11.8 Å². The molecule has 0 N–H and O–H groups in total. The van der Waals surface area contributed by atoms with Gasteiger partial charge in [0.15, 0.2) is 0 Å². The van der Waals surface area contributed by atoms with Crippen LogP contribution < -0.4 is 0 Å². The lowest BCUT2D eigenvalue weighted by Crippen LogP contribution is -2.19. The van der Waals surface area contributed by atoms with E-state index in [0.29, 0.717) is 5.56 Å². The van der Waals surface area contributed by atoms with Crippen LogP contribution in [0.15, 0.2) is 42.5 Å². The molecule has 0 heterocycles. The molecule has 3 nitrogen and oxygen atoms in total. The minimum atomic E-state index is -0.910. The lowest BCUT2D eigenvalue weighted by atomic mass is 10.1. The molecule has 0 fully saturated rings. The number of fused-ring (bicyclic) bond motifs is 1. The fourth-order valence-electron chi connectivity index (χ4n) is 1.78. The van der Waals surface area contributed by atoms with E-state index in [1.165, 1.54) is 0 Å². The number of Topliss-reactive ketones (excluding diaryl/α,β-unsaturated/α-hetero) is 1. The van der Waals surface area contributed by atoms with Gasteiger partial charge in [-0.15, -0.1) is 0 Å². The lowest BCUT2D eigenvalue weighted by Gasteiger charge is -2.03. The molecule has 0 bridgehead atoms. The Morgan fingerprint density at radius 1 is 1.05 bits per heavy atom. The van der Waals surface area contributed by atoms with Crippen molar-refractivity contribution >= 4 is 22.5 Å². The van der Waals surface area contributed by atoms with Crippen LogP contribution in [-0.2, 0) is 14.3 Å². The van der Waals surface area contributed by atoms with Crippen LogP contribution in [0, 0.1) is 11.8 Å². The Kier molecular flexibility index (Phi) is 4.17. The molecule has 2 aromatic rings. The zero-order chi connectivity index (χ0) is 14.5. The molecule has 0 unspecified atom stereocenters. The maximum atomic E-state index is 11.5. The van der Waals surface area contributed by atoms with Gasteiger partial charge in [-0.3, -0.25) is 4.79 Å². The molecule has 3 heteroatoms. The van der Waals surface area contributed by atoms with Crippen LogP contribution in [0.3, 0.4) is 0 Å². The van der Waals surface area contributed by atoms with Crippen LogP contribution in [0.4, 0.5) is 0 Å². The minimum absolute atomic E-state index is 0.328. The van der Waals surface area contributed by atoms with Crippen molar-refractivity contribution in [1.29, 1.82) is 0 Å². The van der Waals surface area contributed by atoms with Gasteiger partial charge in [0.2, 0.25) is 0 Å². The summed E-state index contributed by atoms with van der Waals surface area (Å²) in [5, 5.41) is 1.99. The van der Waals surface area contributed by atoms with Gasteiger partial charge in [-0.05, 0) is 36.6 Å². The number of esters is 1. The molecule has 0 saturated carbocycles. The number of carbonyl (C=O) groups excluding carboxylic acids is 2. The smallest absolute Gasteiger partial charge is 0.388 e. The first kappa shape index (κ1) is 13.8. The standard InChI is InChI=1S/C17H14O3/c1-12(2)20-17(19)16(18)11-10-14-8-5-7-13-6-3-4-9-15(13)14/h3-9,12H,1-2H3. The first-order valence-corrected chi connectivity index (χ1v) is 6.32. The van der Waals surface area contributed by atoms with Crippen LogP contribution >= 0.6 is 0 Å². The van der Waals surface area contributed by atoms with Crippen LogP contribution in [0.5, 0.6) is 0 Å². The van der Waals surface area contributed by atoms with Gasteiger partial charge in [0.25, 0.3) is 0 Å². The summed E-state index contributed by atoms with van der Waals surface area (Å²) in [6.45, 7) is 3.37. The summed E-state index contributed by atoms with van der Waals surface area (Å²) in [6, 6.07) is 13.4. The Labute approximate surface area is 117 Å². The number of benzene rings is 2. The summed E-state index contributed by atoms with van der Waals surface area (Å²) >= 11 is 0. The molecule has 0 aliphatic rings. The van der Waals surface area contributed by atoms with Crippen LogP contribution in [0.2, 0.25) is 0 Å². The molecule has 0 aliphatic heterocycles. The van der Waals surface area contributed by atoms with Crippen molar-refractivity contribution in [3.05, 3.63) is 48.0 Å². The molecule has 0 saturated heterocycles. The van der Waals surface area contributed by atoms with E-state index in [0.717, 1.165) is 10.8 Å². The number of hydrogen-bond donors (Lipinski definition) is 0. The Morgan fingerprint density at radius 2 is 1.75 bits per heavy atom. The first-order valence-electron chi connectivity index (χ1n) is 6.32. The van der Waals surface area contributed by atoms with Crippen LogP contribution in [0.25, 0.3) is 10.8 Å². The monoisotopic (exact) mass is 266 g/mol. The van der Waals surface area contributed by atoms with E-state index in [1.807, 2.05) is 42.5 Å². The molecule has 0 aromatic heterocycles. The topological polar surface area (TPSA) is 43.4 Å². The second-order valence-corrected chi connectivity index (χ2v) is 4.56. The van der Waals surface area contributed by atoms with Crippen molar-refractivity contribution in [1.82, 2.24) is 0 Å². The number of ether oxygens (including phenoxy) is 1.